The van der Waals surface area contributed by atoms with E-state index in [-0.39, 0.29) is 17.4 Å². The van der Waals surface area contributed by atoms with E-state index in [0.29, 0.717) is 12.0 Å². The first-order chi connectivity index (χ1) is 5.13. The summed E-state index contributed by atoms with van der Waals surface area (Å²) in [5.41, 5.74) is 0.507. The molecule has 0 spiro atoms. The Morgan fingerprint density at radius 1 is 1.55 bits per heavy atom. The van der Waals surface area contributed by atoms with Crippen molar-refractivity contribution < 1.29 is 10.2 Å². The Balaban J connectivity index is 4.53. The van der Waals surface area contributed by atoms with Crippen molar-refractivity contribution in [3.8, 4) is 0 Å². The predicted molar refractivity (Wildman–Crippen MR) is 46.5 cm³/mol. The molecule has 0 saturated heterocycles. The Bertz CT molecular complexity index is 194. The van der Waals surface area contributed by atoms with E-state index < -0.39 is 0 Å². The number of rotatable bonds is 4. The van der Waals surface area contributed by atoms with Gasteiger partial charge in [0.2, 0.25) is 0 Å². The highest BCUT2D eigenvalue weighted by atomic mass is 35.5. The Morgan fingerprint density at radius 2 is 2.09 bits per heavy atom. The van der Waals surface area contributed by atoms with Crippen LogP contribution in [-0.4, -0.2) is 16.8 Å². The number of hydrogen-bond acceptors (Lipinski definition) is 2. The molecule has 2 N–H and O–H groups in total. The topological polar surface area (TPSA) is 40.5 Å². The van der Waals surface area contributed by atoms with Crippen molar-refractivity contribution in [2.75, 3.05) is 6.61 Å². The minimum Gasteiger partial charge on any atom is -0.506 e. The highest BCUT2D eigenvalue weighted by molar-refractivity contribution is 6.31. The first kappa shape index (κ1) is 10.3. The van der Waals surface area contributed by atoms with Crippen LogP contribution in [0.25, 0.3) is 0 Å². The van der Waals surface area contributed by atoms with Gasteiger partial charge in [-0.1, -0.05) is 30.8 Å². The fourth-order valence-electron chi connectivity index (χ4n) is 0.612. The normalized spacial score (nSPS) is 12.2. The first-order valence-electron chi connectivity index (χ1n) is 3.13. The molecule has 0 unspecified atom stereocenters. The van der Waals surface area contributed by atoms with Gasteiger partial charge < -0.3 is 10.2 Å². The molecule has 11 heavy (non-hydrogen) atoms. The summed E-state index contributed by atoms with van der Waals surface area (Å²) in [6.07, 6.45) is 1.78. The number of aliphatic hydroxyl groups excluding tert-OH is 2. The molecular formula is C8H11ClO2. The fourth-order valence-corrected chi connectivity index (χ4v) is 0.733. The zero-order chi connectivity index (χ0) is 8.85. The van der Waals surface area contributed by atoms with E-state index in [0.717, 1.165) is 0 Å². The van der Waals surface area contributed by atoms with E-state index in [9.17, 15) is 5.11 Å². The molecule has 0 aromatic carbocycles. The van der Waals surface area contributed by atoms with Crippen molar-refractivity contribution in [3.63, 3.8) is 0 Å². The van der Waals surface area contributed by atoms with E-state index in [4.69, 9.17) is 16.7 Å². The Morgan fingerprint density at radius 3 is 2.36 bits per heavy atom. The molecule has 62 valence electrons. The van der Waals surface area contributed by atoms with Crippen LogP contribution in [-0.2, 0) is 0 Å². The summed E-state index contributed by atoms with van der Waals surface area (Å²) in [5.74, 6) is -0.101. The third-order valence-electron chi connectivity index (χ3n) is 1.19. The zero-order valence-corrected chi connectivity index (χ0v) is 6.93. The molecule has 2 nitrogen and oxygen atoms in total. The van der Waals surface area contributed by atoms with Crippen LogP contribution in [0.2, 0.25) is 0 Å². The first-order valence-corrected chi connectivity index (χ1v) is 3.51. The molecule has 0 amide bonds. The second-order valence-corrected chi connectivity index (χ2v) is 2.41. The van der Waals surface area contributed by atoms with E-state index in [2.05, 4.69) is 13.2 Å². The summed E-state index contributed by atoms with van der Waals surface area (Å²) < 4.78 is 0. The van der Waals surface area contributed by atoms with Gasteiger partial charge in [0.05, 0.1) is 5.03 Å². The predicted octanol–water partition coefficient (Wildman–Crippen LogP) is 2.12. The summed E-state index contributed by atoms with van der Waals surface area (Å²) in [6, 6.07) is 0. The maximum Gasteiger partial charge on any atom is 0.136 e. The van der Waals surface area contributed by atoms with Crippen molar-refractivity contribution >= 4 is 11.6 Å². The highest BCUT2D eigenvalue weighted by Gasteiger charge is 2.02. The second-order valence-electron chi connectivity index (χ2n) is 1.96. The average Bonchev–Trinajstić information content (AvgIpc) is 1.98. The van der Waals surface area contributed by atoms with Gasteiger partial charge in [-0.25, -0.2) is 0 Å². The Kier molecular flexibility index (Phi) is 4.66. The minimum absolute atomic E-state index is 0.0460. The van der Waals surface area contributed by atoms with Gasteiger partial charge in [0, 0.05) is 6.61 Å². The SMILES string of the molecule is C=C/C(CCO)=C(/O)C(=C)Cl. The summed E-state index contributed by atoms with van der Waals surface area (Å²) in [7, 11) is 0. The van der Waals surface area contributed by atoms with Gasteiger partial charge in [-0.2, -0.15) is 0 Å². The number of halogens is 1. The lowest BCUT2D eigenvalue weighted by atomic mass is 10.1. The molecule has 0 fully saturated rings. The van der Waals surface area contributed by atoms with Crippen molar-refractivity contribution in [1.29, 1.82) is 0 Å². The monoisotopic (exact) mass is 174 g/mol. The van der Waals surface area contributed by atoms with Crippen molar-refractivity contribution in [3.05, 3.63) is 35.6 Å². The molecule has 0 saturated carbocycles. The van der Waals surface area contributed by atoms with E-state index in [1.165, 1.54) is 6.08 Å². The van der Waals surface area contributed by atoms with Crippen molar-refractivity contribution in [2.24, 2.45) is 0 Å². The zero-order valence-electron chi connectivity index (χ0n) is 6.18. The Labute approximate surface area is 71.1 Å². The van der Waals surface area contributed by atoms with Gasteiger partial charge in [-0.15, -0.1) is 0 Å². The van der Waals surface area contributed by atoms with Gasteiger partial charge in [-0.05, 0) is 12.0 Å². The van der Waals surface area contributed by atoms with Crippen LogP contribution in [0.5, 0.6) is 0 Å². The fraction of sp³-hybridized carbons (Fsp3) is 0.250. The van der Waals surface area contributed by atoms with Crippen LogP contribution in [0, 0.1) is 0 Å². The van der Waals surface area contributed by atoms with E-state index >= 15 is 0 Å². The lowest BCUT2D eigenvalue weighted by Crippen LogP contribution is -1.91. The molecular weight excluding hydrogens is 164 g/mol. The largest absolute Gasteiger partial charge is 0.506 e. The lowest BCUT2D eigenvalue weighted by molar-refractivity contribution is 0.297. The highest BCUT2D eigenvalue weighted by Crippen LogP contribution is 2.16. The average molecular weight is 175 g/mol. The molecule has 3 heteroatoms. The van der Waals surface area contributed by atoms with Gasteiger partial charge in [-0.3, -0.25) is 0 Å². The molecule has 0 aromatic rings. The van der Waals surface area contributed by atoms with Crippen LogP contribution in [0.3, 0.4) is 0 Å². The molecule has 0 rings (SSSR count). The molecule has 0 aliphatic rings. The minimum atomic E-state index is -0.101. The van der Waals surface area contributed by atoms with E-state index in [1.54, 1.807) is 0 Å². The van der Waals surface area contributed by atoms with Crippen molar-refractivity contribution in [2.45, 2.75) is 6.42 Å². The van der Waals surface area contributed by atoms with Gasteiger partial charge >= 0.3 is 0 Å². The third-order valence-corrected chi connectivity index (χ3v) is 1.37. The van der Waals surface area contributed by atoms with Crippen molar-refractivity contribution in [1.82, 2.24) is 0 Å². The molecule has 0 atom stereocenters. The van der Waals surface area contributed by atoms with Gasteiger partial charge in [0.15, 0.2) is 0 Å². The molecule has 0 bridgehead atoms. The standard InChI is InChI=1S/C8H11ClO2/c1-3-7(4-5-10)8(11)6(2)9/h3,10-11H,1-2,4-5H2/b8-7-. The Hall–Kier alpha value is -0.730. The van der Waals surface area contributed by atoms with Crippen LogP contribution in [0.4, 0.5) is 0 Å². The quantitative estimate of drug-likeness (QED) is 0.506. The van der Waals surface area contributed by atoms with Crippen LogP contribution >= 0.6 is 11.6 Å². The smallest absolute Gasteiger partial charge is 0.136 e. The number of aliphatic hydroxyl groups is 2. The van der Waals surface area contributed by atoms with Gasteiger partial charge in [0.25, 0.3) is 0 Å². The van der Waals surface area contributed by atoms with Gasteiger partial charge in [0.1, 0.15) is 5.76 Å². The molecule has 0 aliphatic carbocycles. The third kappa shape index (κ3) is 3.25. The summed E-state index contributed by atoms with van der Waals surface area (Å²) in [4.78, 5) is 0. The summed E-state index contributed by atoms with van der Waals surface area (Å²) in [5, 5.41) is 17.8. The second kappa shape index (κ2) is 4.99. The maximum atomic E-state index is 9.18. The number of hydrogen-bond donors (Lipinski definition) is 2. The molecule has 0 heterocycles. The lowest BCUT2D eigenvalue weighted by Gasteiger charge is -2.02. The molecule has 0 aliphatic heterocycles. The van der Waals surface area contributed by atoms with Crippen LogP contribution < -0.4 is 0 Å². The van der Waals surface area contributed by atoms with E-state index in [1.807, 2.05) is 0 Å². The summed E-state index contributed by atoms with van der Waals surface area (Å²) >= 11 is 5.41. The van der Waals surface area contributed by atoms with Crippen LogP contribution in [0.15, 0.2) is 35.6 Å². The molecule has 0 radical (unpaired) electrons. The number of allylic oxidation sites excluding steroid dienone is 2. The maximum absolute atomic E-state index is 9.18. The summed E-state index contributed by atoms with van der Waals surface area (Å²) in [6.45, 7) is 6.74. The van der Waals surface area contributed by atoms with Crippen LogP contribution in [0.1, 0.15) is 6.42 Å². The molecule has 0 aromatic heterocycles.